The van der Waals surface area contributed by atoms with Gasteiger partial charge in [-0.05, 0) is 116 Å². The summed E-state index contributed by atoms with van der Waals surface area (Å²) in [5.74, 6) is -2.21. The van der Waals surface area contributed by atoms with E-state index >= 15 is 0 Å². The van der Waals surface area contributed by atoms with Gasteiger partial charge >= 0.3 is 39.5 Å². The van der Waals surface area contributed by atoms with Gasteiger partial charge in [0.15, 0.2) is 12.2 Å². The van der Waals surface area contributed by atoms with E-state index in [2.05, 4.69) is 113 Å². The first-order valence-corrected chi connectivity index (χ1v) is 40.8. The van der Waals surface area contributed by atoms with Gasteiger partial charge in [-0.15, -0.1) is 0 Å². The summed E-state index contributed by atoms with van der Waals surface area (Å²) in [4.78, 5) is 72.8. The predicted octanol–water partition coefficient (Wildman–Crippen LogP) is 21.4. The Labute approximate surface area is 583 Å². The van der Waals surface area contributed by atoms with Crippen LogP contribution < -0.4 is 0 Å². The van der Waals surface area contributed by atoms with Crippen LogP contribution in [-0.4, -0.2) is 96.7 Å². The van der Waals surface area contributed by atoms with Crippen LogP contribution in [0, 0.1) is 0 Å². The Kier molecular flexibility index (Phi) is 67.0. The lowest BCUT2D eigenvalue weighted by atomic mass is 10.0. The average molecular weight is 1400 g/mol. The third-order valence-electron chi connectivity index (χ3n) is 15.8. The van der Waals surface area contributed by atoms with Gasteiger partial charge in [-0.25, -0.2) is 9.13 Å². The summed E-state index contributed by atoms with van der Waals surface area (Å²) in [5, 5.41) is 10.6. The fourth-order valence-electron chi connectivity index (χ4n) is 10.1. The lowest BCUT2D eigenvalue weighted by Crippen LogP contribution is -2.30. The van der Waals surface area contributed by atoms with Gasteiger partial charge in [-0.2, -0.15) is 0 Å². The highest BCUT2D eigenvalue weighted by atomic mass is 31.2. The molecule has 0 rings (SSSR count). The zero-order valence-corrected chi connectivity index (χ0v) is 62.3. The molecule has 5 atom stereocenters. The Morgan fingerprint density at radius 1 is 0.302 bits per heavy atom. The van der Waals surface area contributed by atoms with Crippen molar-refractivity contribution in [3.8, 4) is 0 Å². The van der Waals surface area contributed by atoms with Crippen molar-refractivity contribution in [1.82, 2.24) is 0 Å². The number of esters is 4. The van der Waals surface area contributed by atoms with Gasteiger partial charge in [0.25, 0.3) is 0 Å². The highest BCUT2D eigenvalue weighted by molar-refractivity contribution is 7.47. The van der Waals surface area contributed by atoms with Crippen molar-refractivity contribution in [2.24, 2.45) is 0 Å². The van der Waals surface area contributed by atoms with Crippen LogP contribution >= 0.6 is 15.6 Å². The number of hydrogen-bond donors (Lipinski definition) is 3. The Morgan fingerprint density at radius 3 is 0.896 bits per heavy atom. The molecule has 0 bridgehead atoms. The van der Waals surface area contributed by atoms with Crippen LogP contribution in [0.5, 0.6) is 0 Å². The van der Waals surface area contributed by atoms with Gasteiger partial charge in [0.2, 0.25) is 0 Å². The molecule has 0 aliphatic rings. The van der Waals surface area contributed by atoms with Crippen LogP contribution in [0.15, 0.2) is 85.1 Å². The minimum atomic E-state index is -4.98. The van der Waals surface area contributed by atoms with Crippen molar-refractivity contribution in [3.63, 3.8) is 0 Å². The van der Waals surface area contributed by atoms with Crippen molar-refractivity contribution in [2.45, 2.75) is 341 Å². The van der Waals surface area contributed by atoms with Crippen LogP contribution in [-0.2, 0) is 65.4 Å². The molecule has 0 fully saturated rings. The maximum atomic E-state index is 13.1. The van der Waals surface area contributed by atoms with Gasteiger partial charge in [0.05, 0.1) is 26.4 Å². The lowest BCUT2D eigenvalue weighted by molar-refractivity contribution is -0.161. The van der Waals surface area contributed by atoms with E-state index in [4.69, 9.17) is 37.0 Å². The Balaban J connectivity index is 5.35. The smallest absolute Gasteiger partial charge is 0.462 e. The first-order valence-electron chi connectivity index (χ1n) is 37.8. The van der Waals surface area contributed by atoms with E-state index in [9.17, 15) is 43.2 Å². The maximum absolute atomic E-state index is 13.1. The Hall–Kier alpha value is -3.76. The van der Waals surface area contributed by atoms with Gasteiger partial charge in [0.1, 0.15) is 19.3 Å². The van der Waals surface area contributed by atoms with Crippen molar-refractivity contribution in [3.05, 3.63) is 85.1 Å². The number of rotatable bonds is 71. The van der Waals surface area contributed by atoms with Crippen molar-refractivity contribution in [1.29, 1.82) is 0 Å². The fraction of sp³-hybridized carbons (Fsp3) is 0.766. The fourth-order valence-corrected chi connectivity index (χ4v) is 11.6. The quantitative estimate of drug-likeness (QED) is 0.0169. The van der Waals surface area contributed by atoms with E-state index in [0.717, 1.165) is 167 Å². The SMILES string of the molecule is CC/C=C\C/C=C\C/C=C\C/C=C\CCCCCCC(=O)OCC(COP(=O)(O)OCC(O)COP(=O)(O)OCC(COC(=O)CCCCCCC/C=C\CCCCCC)OC(=O)CCCCCCCCCCCCCCC)OC(=O)CCCCCCC/C=C\C/C=C\CCC. The normalized spacial score (nSPS) is 14.4. The molecule has 0 saturated heterocycles. The van der Waals surface area contributed by atoms with Crippen LogP contribution in [0.4, 0.5) is 0 Å². The molecule has 5 unspecified atom stereocenters. The standard InChI is InChI=1S/C77H136O17P2/c1-5-9-13-17-21-25-29-33-34-35-36-40-42-46-50-54-58-62-75(80)88-68-73(94-77(82)64-60-56-52-48-44-39-32-28-24-20-16-12-8-4)70-92-96(85,86)90-66-71(78)65-89-95(83,84)91-69-72(93-76(81)63-59-55-51-47-43-38-31-27-23-19-15-11-7-3)67-87-74(79)61-57-53-49-45-41-37-30-26-22-18-14-10-6-2/h9,13,16,20-21,25-26,28,30,32-34,36,40,71-73,78H,5-8,10-12,14-15,17-19,22-24,27,29,31,35,37-39,41-70H2,1-4H3,(H,83,84)(H,85,86)/b13-9-,20-16-,25-21-,30-26-,32-28-,34-33-,40-36-. The first-order chi connectivity index (χ1) is 46.7. The third-order valence-corrected chi connectivity index (χ3v) is 17.7. The third kappa shape index (κ3) is 68.8. The molecule has 19 heteroatoms. The predicted molar refractivity (Wildman–Crippen MR) is 390 cm³/mol. The van der Waals surface area contributed by atoms with Crippen molar-refractivity contribution in [2.75, 3.05) is 39.6 Å². The van der Waals surface area contributed by atoms with Gasteiger partial charge in [-0.1, -0.05) is 267 Å². The Bertz CT molecular complexity index is 2160. The molecular formula is C77H136O17P2. The first kappa shape index (κ1) is 92.2. The number of unbranched alkanes of at least 4 members (excludes halogenated alkanes) is 31. The summed E-state index contributed by atoms with van der Waals surface area (Å²) >= 11 is 0. The summed E-state index contributed by atoms with van der Waals surface area (Å²) in [7, 11) is -9.95. The molecule has 0 aliphatic heterocycles. The molecule has 0 aromatic heterocycles. The highest BCUT2D eigenvalue weighted by Crippen LogP contribution is 2.45. The number of allylic oxidation sites excluding steroid dienone is 14. The molecule has 0 aliphatic carbocycles. The van der Waals surface area contributed by atoms with Gasteiger partial charge in [0, 0.05) is 25.7 Å². The van der Waals surface area contributed by atoms with Crippen molar-refractivity contribution >= 4 is 39.5 Å². The van der Waals surface area contributed by atoms with Gasteiger partial charge in [-0.3, -0.25) is 37.3 Å². The number of phosphoric acid groups is 2. The number of carbonyl (C=O) groups is 4. The summed E-state index contributed by atoms with van der Waals surface area (Å²) in [6.45, 7) is 4.65. The summed E-state index contributed by atoms with van der Waals surface area (Å²) < 4.78 is 68.4. The maximum Gasteiger partial charge on any atom is 0.472 e. The number of aliphatic hydroxyl groups excluding tert-OH is 1. The van der Waals surface area contributed by atoms with E-state index in [1.807, 2.05) is 0 Å². The van der Waals surface area contributed by atoms with Crippen LogP contribution in [0.3, 0.4) is 0 Å². The molecule has 0 aromatic rings. The molecule has 556 valence electrons. The summed E-state index contributed by atoms with van der Waals surface area (Å²) in [5.41, 5.74) is 0. The van der Waals surface area contributed by atoms with Crippen LogP contribution in [0.25, 0.3) is 0 Å². The summed E-state index contributed by atoms with van der Waals surface area (Å²) in [6, 6.07) is 0. The van der Waals surface area contributed by atoms with Crippen LogP contribution in [0.1, 0.15) is 323 Å². The Morgan fingerprint density at radius 2 is 0.562 bits per heavy atom. The number of ether oxygens (including phenoxy) is 4. The second kappa shape index (κ2) is 69.7. The second-order valence-electron chi connectivity index (χ2n) is 25.2. The number of hydrogen-bond acceptors (Lipinski definition) is 15. The molecule has 0 heterocycles. The van der Waals surface area contributed by atoms with E-state index < -0.39 is 97.5 Å². The molecule has 0 spiro atoms. The number of phosphoric ester groups is 2. The molecule has 0 aromatic carbocycles. The van der Waals surface area contributed by atoms with Crippen molar-refractivity contribution < 1.29 is 80.2 Å². The van der Waals surface area contributed by atoms with E-state index in [-0.39, 0.29) is 25.7 Å². The van der Waals surface area contributed by atoms with E-state index in [1.165, 1.54) is 77.0 Å². The molecule has 0 saturated carbocycles. The van der Waals surface area contributed by atoms with Crippen LogP contribution in [0.2, 0.25) is 0 Å². The van der Waals surface area contributed by atoms with Gasteiger partial charge < -0.3 is 33.8 Å². The minimum absolute atomic E-state index is 0.0737. The summed E-state index contributed by atoms with van der Waals surface area (Å²) in [6.07, 6.45) is 70.0. The lowest BCUT2D eigenvalue weighted by Gasteiger charge is -2.21. The molecular weight excluding hydrogens is 1260 g/mol. The van der Waals surface area contributed by atoms with E-state index in [0.29, 0.717) is 25.7 Å². The zero-order chi connectivity index (χ0) is 70.4. The van der Waals surface area contributed by atoms with E-state index in [1.54, 1.807) is 0 Å². The number of aliphatic hydroxyl groups is 1. The average Bonchev–Trinajstić information content (AvgIpc) is 3.12. The zero-order valence-electron chi connectivity index (χ0n) is 60.5. The number of carbonyl (C=O) groups excluding carboxylic acids is 4. The topological polar surface area (TPSA) is 237 Å². The molecule has 0 radical (unpaired) electrons. The minimum Gasteiger partial charge on any atom is -0.462 e. The molecule has 96 heavy (non-hydrogen) atoms. The second-order valence-corrected chi connectivity index (χ2v) is 28.1. The molecule has 0 amide bonds. The monoisotopic (exact) mass is 1390 g/mol. The molecule has 3 N–H and O–H groups in total. The largest absolute Gasteiger partial charge is 0.472 e. The highest BCUT2D eigenvalue weighted by Gasteiger charge is 2.30. The molecule has 17 nitrogen and oxygen atoms in total.